The van der Waals surface area contributed by atoms with Crippen molar-refractivity contribution >= 4 is 11.0 Å². The molecule has 1 unspecified atom stereocenters. The first-order valence-corrected chi connectivity index (χ1v) is 8.36. The highest BCUT2D eigenvalue weighted by molar-refractivity contribution is 5.75. The Morgan fingerprint density at radius 3 is 2.82 bits per heavy atom. The molecule has 2 aromatic heterocycles. The summed E-state index contributed by atoms with van der Waals surface area (Å²) in [7, 11) is 0. The fourth-order valence-electron chi connectivity index (χ4n) is 3.33. The third-order valence-electron chi connectivity index (χ3n) is 4.61. The highest BCUT2D eigenvalue weighted by atomic mass is 16.3. The van der Waals surface area contributed by atoms with E-state index in [1.807, 2.05) is 17.1 Å². The first kappa shape index (κ1) is 15.4. The van der Waals surface area contributed by atoms with E-state index in [4.69, 9.17) is 0 Å². The van der Waals surface area contributed by atoms with Crippen LogP contribution in [0.5, 0.6) is 0 Å². The average molecular weight is 302 g/mol. The second-order valence-electron chi connectivity index (χ2n) is 6.68. The van der Waals surface area contributed by atoms with Crippen molar-refractivity contribution in [3.05, 3.63) is 24.0 Å². The molecule has 1 saturated carbocycles. The molecule has 0 aliphatic heterocycles. The van der Waals surface area contributed by atoms with Crippen LogP contribution in [0.2, 0.25) is 0 Å². The Bertz CT molecular complexity index is 616. The molecule has 1 aliphatic rings. The van der Waals surface area contributed by atoms with Gasteiger partial charge in [-0.3, -0.25) is 0 Å². The van der Waals surface area contributed by atoms with Gasteiger partial charge in [-0.05, 0) is 44.2 Å². The second-order valence-corrected chi connectivity index (χ2v) is 6.68. The minimum Gasteiger partial charge on any atom is -0.392 e. The van der Waals surface area contributed by atoms with E-state index in [1.165, 1.54) is 25.7 Å². The average Bonchev–Trinajstić information content (AvgIpc) is 3.16. The summed E-state index contributed by atoms with van der Waals surface area (Å²) in [5.41, 5.74) is 2.07. The van der Waals surface area contributed by atoms with Crippen LogP contribution in [0.25, 0.3) is 11.0 Å². The molecule has 0 spiro atoms. The van der Waals surface area contributed by atoms with Crippen molar-refractivity contribution in [3.63, 3.8) is 0 Å². The zero-order valence-corrected chi connectivity index (χ0v) is 13.5. The van der Waals surface area contributed by atoms with Gasteiger partial charge in [0, 0.05) is 30.7 Å². The van der Waals surface area contributed by atoms with Gasteiger partial charge >= 0.3 is 0 Å². The van der Waals surface area contributed by atoms with Gasteiger partial charge in [-0.2, -0.15) is 5.10 Å². The quantitative estimate of drug-likeness (QED) is 0.861. The summed E-state index contributed by atoms with van der Waals surface area (Å²) >= 11 is 0. The first-order valence-electron chi connectivity index (χ1n) is 8.36. The number of aromatic nitrogens is 3. The van der Waals surface area contributed by atoms with Crippen molar-refractivity contribution < 1.29 is 5.11 Å². The van der Waals surface area contributed by atoms with Gasteiger partial charge in [0.25, 0.3) is 0 Å². The Morgan fingerprint density at radius 2 is 2.09 bits per heavy atom. The molecule has 1 fully saturated rings. The van der Waals surface area contributed by atoms with Gasteiger partial charge in [0.2, 0.25) is 0 Å². The van der Waals surface area contributed by atoms with E-state index in [0.717, 1.165) is 23.1 Å². The smallest absolute Gasteiger partial charge is 0.157 e. The normalized spacial score (nSPS) is 17.6. The van der Waals surface area contributed by atoms with Crippen LogP contribution >= 0.6 is 0 Å². The molecule has 1 atom stereocenters. The number of fused-ring (bicyclic) bond motifs is 1. The van der Waals surface area contributed by atoms with Crippen molar-refractivity contribution in [1.29, 1.82) is 0 Å². The van der Waals surface area contributed by atoms with Crippen molar-refractivity contribution in [1.82, 2.24) is 20.1 Å². The fraction of sp³-hybridized carbons (Fsp3) is 0.647. The number of rotatable bonds is 6. The van der Waals surface area contributed by atoms with Crippen molar-refractivity contribution in [2.45, 2.75) is 58.2 Å². The SMILES string of the molecule is CC(C)n1ncc2cc(CNCC(O)C3CCCC3)cnc21. The number of hydrogen-bond acceptors (Lipinski definition) is 4. The largest absolute Gasteiger partial charge is 0.392 e. The Morgan fingerprint density at radius 1 is 1.32 bits per heavy atom. The Balaban J connectivity index is 1.57. The molecule has 0 amide bonds. The van der Waals surface area contributed by atoms with Crippen molar-refractivity contribution in [3.8, 4) is 0 Å². The van der Waals surface area contributed by atoms with E-state index >= 15 is 0 Å². The molecule has 1 aliphatic carbocycles. The summed E-state index contributed by atoms with van der Waals surface area (Å²) < 4.78 is 1.94. The predicted molar refractivity (Wildman–Crippen MR) is 87.6 cm³/mol. The van der Waals surface area contributed by atoms with Gasteiger partial charge in [-0.25, -0.2) is 9.67 Å². The Kier molecular flexibility index (Phi) is 4.74. The zero-order chi connectivity index (χ0) is 15.5. The lowest BCUT2D eigenvalue weighted by Gasteiger charge is -2.18. The second kappa shape index (κ2) is 6.75. The molecule has 0 saturated heterocycles. The molecule has 120 valence electrons. The van der Waals surface area contributed by atoms with Crippen LogP contribution < -0.4 is 5.32 Å². The molecule has 5 heteroatoms. The van der Waals surface area contributed by atoms with Crippen LogP contribution in [0.4, 0.5) is 0 Å². The number of nitrogens with zero attached hydrogens (tertiary/aromatic N) is 3. The molecule has 0 radical (unpaired) electrons. The maximum absolute atomic E-state index is 10.2. The summed E-state index contributed by atoms with van der Waals surface area (Å²) in [6.45, 7) is 5.61. The van der Waals surface area contributed by atoms with E-state index in [1.54, 1.807) is 0 Å². The molecule has 2 aromatic rings. The molecule has 2 heterocycles. The topological polar surface area (TPSA) is 63.0 Å². The van der Waals surface area contributed by atoms with Crippen LogP contribution in [0, 0.1) is 5.92 Å². The molecular formula is C17H26N4O. The van der Waals surface area contributed by atoms with Crippen LogP contribution in [-0.4, -0.2) is 32.5 Å². The van der Waals surface area contributed by atoms with Gasteiger partial charge < -0.3 is 10.4 Å². The maximum Gasteiger partial charge on any atom is 0.157 e. The van der Waals surface area contributed by atoms with Gasteiger partial charge in [-0.15, -0.1) is 0 Å². The third-order valence-corrected chi connectivity index (χ3v) is 4.61. The number of pyridine rings is 1. The Labute approximate surface area is 131 Å². The lowest BCUT2D eigenvalue weighted by atomic mass is 10.0. The molecule has 5 nitrogen and oxygen atoms in total. The van der Waals surface area contributed by atoms with Crippen LogP contribution in [0.1, 0.15) is 51.1 Å². The summed E-state index contributed by atoms with van der Waals surface area (Å²) in [6.07, 6.45) is 8.43. The van der Waals surface area contributed by atoms with E-state index in [-0.39, 0.29) is 6.10 Å². The van der Waals surface area contributed by atoms with Crippen LogP contribution in [0.3, 0.4) is 0 Å². The van der Waals surface area contributed by atoms with E-state index in [9.17, 15) is 5.11 Å². The molecule has 0 aromatic carbocycles. The molecular weight excluding hydrogens is 276 g/mol. The first-order chi connectivity index (χ1) is 10.6. The third kappa shape index (κ3) is 3.31. The summed E-state index contributed by atoms with van der Waals surface area (Å²) in [5, 5.41) is 19.0. The highest BCUT2D eigenvalue weighted by Crippen LogP contribution is 2.27. The van der Waals surface area contributed by atoms with E-state index in [2.05, 4.69) is 35.3 Å². The van der Waals surface area contributed by atoms with Gasteiger partial charge in [0.1, 0.15) is 0 Å². The van der Waals surface area contributed by atoms with Gasteiger partial charge in [-0.1, -0.05) is 12.8 Å². The monoisotopic (exact) mass is 302 g/mol. The molecule has 2 N–H and O–H groups in total. The number of aliphatic hydroxyl groups excluding tert-OH is 1. The molecule has 3 rings (SSSR count). The zero-order valence-electron chi connectivity index (χ0n) is 13.5. The summed E-state index contributed by atoms with van der Waals surface area (Å²) in [5.74, 6) is 0.484. The highest BCUT2D eigenvalue weighted by Gasteiger charge is 2.22. The van der Waals surface area contributed by atoms with E-state index < -0.39 is 0 Å². The minimum absolute atomic E-state index is 0.220. The van der Waals surface area contributed by atoms with Crippen molar-refractivity contribution in [2.75, 3.05) is 6.54 Å². The standard InChI is InChI=1S/C17H26N4O/c1-12(2)21-17-15(10-20-21)7-13(9-19-17)8-18-11-16(22)14-5-3-4-6-14/h7,9-10,12,14,16,18,22H,3-6,8,11H2,1-2H3. The van der Waals surface area contributed by atoms with Crippen molar-refractivity contribution in [2.24, 2.45) is 5.92 Å². The maximum atomic E-state index is 10.2. The number of aliphatic hydroxyl groups is 1. The minimum atomic E-state index is -0.220. The number of hydrogen-bond donors (Lipinski definition) is 2. The lowest BCUT2D eigenvalue weighted by Crippen LogP contribution is -2.31. The van der Waals surface area contributed by atoms with Gasteiger partial charge in [0.05, 0.1) is 12.3 Å². The fourth-order valence-corrected chi connectivity index (χ4v) is 3.33. The Hall–Kier alpha value is -1.46. The summed E-state index contributed by atoms with van der Waals surface area (Å²) in [4.78, 5) is 4.54. The van der Waals surface area contributed by atoms with Gasteiger partial charge in [0.15, 0.2) is 5.65 Å². The molecule has 22 heavy (non-hydrogen) atoms. The molecule has 0 bridgehead atoms. The van der Waals surface area contributed by atoms with E-state index in [0.29, 0.717) is 18.5 Å². The van der Waals surface area contributed by atoms with Crippen LogP contribution in [-0.2, 0) is 6.54 Å². The summed E-state index contributed by atoms with van der Waals surface area (Å²) in [6, 6.07) is 2.44. The lowest BCUT2D eigenvalue weighted by molar-refractivity contribution is 0.109. The van der Waals surface area contributed by atoms with Crippen LogP contribution in [0.15, 0.2) is 18.5 Å². The predicted octanol–water partition coefficient (Wildman–Crippen LogP) is 2.65. The number of nitrogens with one attached hydrogen (secondary N) is 1.